The molecule has 1 atom stereocenters. The molecule has 0 amide bonds. The highest BCUT2D eigenvalue weighted by Gasteiger charge is 2.24. The summed E-state index contributed by atoms with van der Waals surface area (Å²) in [6.07, 6.45) is 3.34. The van der Waals surface area contributed by atoms with Crippen molar-refractivity contribution in [2.24, 2.45) is 10.9 Å². The second-order valence-corrected chi connectivity index (χ2v) is 4.95. The fourth-order valence-corrected chi connectivity index (χ4v) is 2.43. The van der Waals surface area contributed by atoms with E-state index in [1.54, 1.807) is 0 Å². The maximum absolute atomic E-state index is 5.13. The maximum Gasteiger partial charge on any atom is 0.0629 e. The van der Waals surface area contributed by atoms with Crippen molar-refractivity contribution in [3.63, 3.8) is 0 Å². The molecule has 1 aliphatic rings. The normalized spacial score (nSPS) is 23.3. The molecule has 1 aromatic rings. The number of aliphatic imine (C=N–C) groups is 1. The standard InChI is InChI=1S/C12H13NS2/c14-12(15)10-7-4-8-11(10)13-9-5-2-1-3-6-9/h1-3,5-6,10H,4,7-8H2,(H,14,15). The van der Waals surface area contributed by atoms with Gasteiger partial charge in [-0.05, 0) is 31.4 Å². The molecular weight excluding hydrogens is 222 g/mol. The van der Waals surface area contributed by atoms with Gasteiger partial charge in [-0.25, -0.2) is 0 Å². The molecule has 0 aliphatic heterocycles. The predicted octanol–water partition coefficient (Wildman–Crippen LogP) is 3.82. The lowest BCUT2D eigenvalue weighted by molar-refractivity contribution is 0.826. The minimum Gasteiger partial charge on any atom is -0.257 e. The highest BCUT2D eigenvalue weighted by atomic mass is 32.1. The molecule has 0 spiro atoms. The van der Waals surface area contributed by atoms with E-state index in [1.165, 1.54) is 12.1 Å². The van der Waals surface area contributed by atoms with E-state index in [2.05, 4.69) is 17.6 Å². The third-order valence-electron chi connectivity index (χ3n) is 2.65. The van der Waals surface area contributed by atoms with Gasteiger partial charge in [-0.2, -0.15) is 0 Å². The van der Waals surface area contributed by atoms with Gasteiger partial charge in [-0.15, -0.1) is 12.6 Å². The average Bonchev–Trinajstić information content (AvgIpc) is 2.67. The Morgan fingerprint density at radius 3 is 2.73 bits per heavy atom. The Balaban J connectivity index is 2.23. The Morgan fingerprint density at radius 2 is 2.07 bits per heavy atom. The van der Waals surface area contributed by atoms with Crippen molar-refractivity contribution in [3.8, 4) is 0 Å². The van der Waals surface area contributed by atoms with Crippen LogP contribution in [0, 0.1) is 5.92 Å². The Kier molecular flexibility index (Phi) is 3.54. The highest BCUT2D eigenvalue weighted by Crippen LogP contribution is 2.28. The fourth-order valence-electron chi connectivity index (χ4n) is 1.90. The van der Waals surface area contributed by atoms with Crippen LogP contribution in [0.15, 0.2) is 35.3 Å². The molecule has 0 radical (unpaired) electrons. The first-order valence-electron chi connectivity index (χ1n) is 5.12. The lowest BCUT2D eigenvalue weighted by Gasteiger charge is -2.07. The zero-order valence-electron chi connectivity index (χ0n) is 8.39. The van der Waals surface area contributed by atoms with Gasteiger partial charge in [0.05, 0.1) is 9.88 Å². The first kappa shape index (κ1) is 10.8. The van der Waals surface area contributed by atoms with Crippen molar-refractivity contribution in [1.29, 1.82) is 0 Å². The Bertz CT molecular complexity index is 384. The lowest BCUT2D eigenvalue weighted by atomic mass is 10.1. The fraction of sp³-hybridized carbons (Fsp3) is 0.333. The number of benzene rings is 1. The maximum atomic E-state index is 5.13. The van der Waals surface area contributed by atoms with E-state index in [4.69, 9.17) is 12.2 Å². The van der Waals surface area contributed by atoms with E-state index in [1.807, 2.05) is 30.3 Å². The Hall–Kier alpha value is -0.670. The third-order valence-corrected chi connectivity index (χ3v) is 3.25. The largest absolute Gasteiger partial charge is 0.257 e. The number of thiocarbonyl (C=S) groups is 1. The number of hydrogen-bond acceptors (Lipinski definition) is 2. The smallest absolute Gasteiger partial charge is 0.0629 e. The van der Waals surface area contributed by atoms with Crippen LogP contribution in [-0.4, -0.2) is 9.91 Å². The molecule has 0 bridgehead atoms. The van der Waals surface area contributed by atoms with E-state index < -0.39 is 0 Å². The van der Waals surface area contributed by atoms with E-state index in [0.29, 0.717) is 5.92 Å². The number of thiol groups is 1. The zero-order valence-corrected chi connectivity index (χ0v) is 10.1. The van der Waals surface area contributed by atoms with Crippen LogP contribution < -0.4 is 0 Å². The van der Waals surface area contributed by atoms with Crippen molar-refractivity contribution in [3.05, 3.63) is 30.3 Å². The third kappa shape index (κ3) is 2.67. The van der Waals surface area contributed by atoms with E-state index >= 15 is 0 Å². The Morgan fingerprint density at radius 1 is 1.33 bits per heavy atom. The van der Waals surface area contributed by atoms with Crippen LogP contribution in [0.2, 0.25) is 0 Å². The van der Waals surface area contributed by atoms with Gasteiger partial charge in [0.1, 0.15) is 0 Å². The molecule has 1 saturated carbocycles. The number of para-hydroxylation sites is 1. The molecule has 1 nitrogen and oxygen atoms in total. The highest BCUT2D eigenvalue weighted by molar-refractivity contribution is 8.11. The first-order valence-corrected chi connectivity index (χ1v) is 5.98. The van der Waals surface area contributed by atoms with Crippen LogP contribution in [0.4, 0.5) is 5.69 Å². The molecule has 0 N–H and O–H groups in total. The molecule has 2 rings (SSSR count). The first-order chi connectivity index (χ1) is 7.27. The lowest BCUT2D eigenvalue weighted by Crippen LogP contribution is -2.11. The molecule has 1 fully saturated rings. The second kappa shape index (κ2) is 4.90. The molecule has 3 heteroatoms. The van der Waals surface area contributed by atoms with Gasteiger partial charge in [-0.3, -0.25) is 4.99 Å². The van der Waals surface area contributed by atoms with Crippen molar-refractivity contribution in [2.45, 2.75) is 19.3 Å². The number of rotatable bonds is 2. The molecule has 78 valence electrons. The van der Waals surface area contributed by atoms with Crippen LogP contribution in [0.3, 0.4) is 0 Å². The van der Waals surface area contributed by atoms with Crippen molar-refractivity contribution < 1.29 is 0 Å². The van der Waals surface area contributed by atoms with Crippen LogP contribution in [-0.2, 0) is 0 Å². The number of nitrogens with zero attached hydrogens (tertiary/aromatic N) is 1. The molecule has 15 heavy (non-hydrogen) atoms. The van der Waals surface area contributed by atoms with Gasteiger partial charge in [-0.1, -0.05) is 30.4 Å². The van der Waals surface area contributed by atoms with Gasteiger partial charge in [0.25, 0.3) is 0 Å². The van der Waals surface area contributed by atoms with Crippen LogP contribution in [0.5, 0.6) is 0 Å². The second-order valence-electron chi connectivity index (χ2n) is 3.72. The SMILES string of the molecule is S=C(S)C1CCCC1=Nc1ccccc1. The molecule has 1 aliphatic carbocycles. The monoisotopic (exact) mass is 235 g/mol. The van der Waals surface area contributed by atoms with Crippen LogP contribution in [0.25, 0.3) is 0 Å². The van der Waals surface area contributed by atoms with Crippen LogP contribution >= 0.6 is 24.8 Å². The van der Waals surface area contributed by atoms with Gasteiger partial charge in [0.15, 0.2) is 0 Å². The molecule has 1 unspecified atom stereocenters. The minimum atomic E-state index is 0.309. The van der Waals surface area contributed by atoms with Crippen LogP contribution in [0.1, 0.15) is 19.3 Å². The van der Waals surface area contributed by atoms with Crippen molar-refractivity contribution >= 4 is 40.4 Å². The van der Waals surface area contributed by atoms with Gasteiger partial charge >= 0.3 is 0 Å². The summed E-state index contributed by atoms with van der Waals surface area (Å²) in [5, 5.41) is 0. The quantitative estimate of drug-likeness (QED) is 0.607. The van der Waals surface area contributed by atoms with Crippen molar-refractivity contribution in [2.75, 3.05) is 0 Å². The summed E-state index contributed by atoms with van der Waals surface area (Å²) in [5.74, 6) is 0.309. The predicted molar refractivity (Wildman–Crippen MR) is 72.5 cm³/mol. The summed E-state index contributed by atoms with van der Waals surface area (Å²) in [6.45, 7) is 0. The summed E-state index contributed by atoms with van der Waals surface area (Å²) >= 11 is 9.40. The van der Waals surface area contributed by atoms with Gasteiger partial charge in [0.2, 0.25) is 0 Å². The Labute approximate surface area is 101 Å². The minimum absolute atomic E-state index is 0.309. The van der Waals surface area contributed by atoms with E-state index in [-0.39, 0.29) is 0 Å². The molecule has 0 saturated heterocycles. The summed E-state index contributed by atoms with van der Waals surface area (Å²) in [6, 6.07) is 10.0. The number of hydrogen-bond donors (Lipinski definition) is 1. The zero-order chi connectivity index (χ0) is 10.7. The average molecular weight is 235 g/mol. The topological polar surface area (TPSA) is 12.4 Å². The van der Waals surface area contributed by atoms with Crippen molar-refractivity contribution in [1.82, 2.24) is 0 Å². The van der Waals surface area contributed by atoms with Gasteiger partial charge < -0.3 is 0 Å². The summed E-state index contributed by atoms with van der Waals surface area (Å²) in [4.78, 5) is 4.64. The molecule has 0 heterocycles. The summed E-state index contributed by atoms with van der Waals surface area (Å²) in [7, 11) is 0. The molecule has 1 aromatic carbocycles. The summed E-state index contributed by atoms with van der Waals surface area (Å²) < 4.78 is 0.780. The summed E-state index contributed by atoms with van der Waals surface area (Å²) in [5.41, 5.74) is 2.21. The molecular formula is C12H13NS2. The van der Waals surface area contributed by atoms with Gasteiger partial charge in [0, 0.05) is 11.6 Å². The molecule has 0 aromatic heterocycles. The van der Waals surface area contributed by atoms with E-state index in [0.717, 1.165) is 22.7 Å². The van der Waals surface area contributed by atoms with E-state index in [9.17, 15) is 0 Å².